The predicted octanol–water partition coefficient (Wildman–Crippen LogP) is 0.0950. The molecule has 1 N–H and O–H groups in total. The van der Waals surface area contributed by atoms with Gasteiger partial charge in [-0.15, -0.1) is 0 Å². The first-order valence-electron chi connectivity index (χ1n) is 3.41. The van der Waals surface area contributed by atoms with Crippen LogP contribution in [0.4, 0.5) is 0 Å². The van der Waals surface area contributed by atoms with Gasteiger partial charge in [-0.05, 0) is 6.92 Å². The van der Waals surface area contributed by atoms with Gasteiger partial charge in [-0.3, -0.25) is 0 Å². The monoisotopic (exact) mass is 178 g/mol. The Morgan fingerprint density at radius 3 is 1.83 bits per heavy atom. The van der Waals surface area contributed by atoms with Gasteiger partial charge in [0.15, 0.2) is 0 Å². The largest absolute Gasteiger partial charge is 0.477 e. The van der Waals surface area contributed by atoms with Crippen LogP contribution >= 0.6 is 0 Å². The van der Waals surface area contributed by atoms with Crippen LogP contribution in [0.5, 0.6) is 0 Å². The molecule has 0 saturated heterocycles. The van der Waals surface area contributed by atoms with E-state index in [4.69, 9.17) is 19.3 Å². The molecule has 0 spiro atoms. The molecule has 1 unspecified atom stereocenters. The summed E-state index contributed by atoms with van der Waals surface area (Å²) in [5.41, 5.74) is 0. The van der Waals surface area contributed by atoms with Crippen LogP contribution < -0.4 is 0 Å². The van der Waals surface area contributed by atoms with Crippen molar-refractivity contribution in [3.05, 3.63) is 0 Å². The summed E-state index contributed by atoms with van der Waals surface area (Å²) in [7, 11) is 3.90. The summed E-state index contributed by atoms with van der Waals surface area (Å²) in [6.07, 6.45) is -0.676. The van der Waals surface area contributed by atoms with E-state index < -0.39 is 17.9 Å². The molecule has 0 aliphatic heterocycles. The van der Waals surface area contributed by atoms with Gasteiger partial charge in [0.05, 0.1) is 0 Å². The van der Waals surface area contributed by atoms with Gasteiger partial charge in [0, 0.05) is 21.3 Å². The highest BCUT2D eigenvalue weighted by atomic mass is 16.7. The summed E-state index contributed by atoms with van der Waals surface area (Å²) in [5.74, 6) is -2.92. The first-order chi connectivity index (χ1) is 5.55. The van der Waals surface area contributed by atoms with Gasteiger partial charge in [-0.1, -0.05) is 0 Å². The SMILES string of the molecule is COC(C)C(OC)(OC)C(=O)O. The Morgan fingerprint density at radius 2 is 1.75 bits per heavy atom. The third-order valence-electron chi connectivity index (χ3n) is 1.79. The summed E-state index contributed by atoms with van der Waals surface area (Å²) in [5, 5.41) is 8.80. The first-order valence-corrected chi connectivity index (χ1v) is 3.41. The molecule has 0 aromatic heterocycles. The van der Waals surface area contributed by atoms with Gasteiger partial charge in [0.1, 0.15) is 6.10 Å². The number of carbonyl (C=O) groups is 1. The van der Waals surface area contributed by atoms with Crippen molar-refractivity contribution in [1.29, 1.82) is 0 Å². The molecule has 5 heteroatoms. The van der Waals surface area contributed by atoms with Crippen molar-refractivity contribution in [2.24, 2.45) is 0 Å². The Hall–Kier alpha value is -0.650. The fourth-order valence-corrected chi connectivity index (χ4v) is 0.919. The van der Waals surface area contributed by atoms with Crippen molar-refractivity contribution in [1.82, 2.24) is 0 Å². The highest BCUT2D eigenvalue weighted by Crippen LogP contribution is 2.18. The van der Waals surface area contributed by atoms with Crippen molar-refractivity contribution < 1.29 is 24.1 Å². The normalized spacial score (nSPS) is 14.3. The zero-order chi connectivity index (χ0) is 9.78. The quantitative estimate of drug-likeness (QED) is 0.604. The minimum Gasteiger partial charge on any atom is -0.477 e. The molecule has 0 aromatic carbocycles. The maximum absolute atomic E-state index is 10.8. The van der Waals surface area contributed by atoms with Gasteiger partial charge in [-0.2, -0.15) is 0 Å². The molecule has 12 heavy (non-hydrogen) atoms. The van der Waals surface area contributed by atoms with Crippen molar-refractivity contribution in [2.75, 3.05) is 21.3 Å². The van der Waals surface area contributed by atoms with Gasteiger partial charge in [-0.25, -0.2) is 4.79 Å². The number of rotatable bonds is 5. The molecule has 0 aliphatic rings. The van der Waals surface area contributed by atoms with Gasteiger partial charge >= 0.3 is 5.97 Å². The van der Waals surface area contributed by atoms with E-state index in [1.807, 2.05) is 0 Å². The lowest BCUT2D eigenvalue weighted by Gasteiger charge is -2.30. The van der Waals surface area contributed by atoms with Gasteiger partial charge < -0.3 is 19.3 Å². The van der Waals surface area contributed by atoms with Crippen molar-refractivity contribution in [2.45, 2.75) is 18.8 Å². The highest BCUT2D eigenvalue weighted by Gasteiger charge is 2.45. The number of hydrogen-bond donors (Lipinski definition) is 1. The molecule has 1 atom stereocenters. The summed E-state index contributed by atoms with van der Waals surface area (Å²) in [4.78, 5) is 10.8. The minimum atomic E-state index is -1.71. The first kappa shape index (κ1) is 11.4. The molecule has 0 radical (unpaired) electrons. The molecule has 0 aromatic rings. The maximum atomic E-state index is 10.8. The molecule has 0 bridgehead atoms. The molecule has 0 saturated carbocycles. The molecule has 0 heterocycles. The van der Waals surface area contributed by atoms with Crippen LogP contribution in [0.2, 0.25) is 0 Å². The van der Waals surface area contributed by atoms with Crippen LogP contribution in [0, 0.1) is 0 Å². The van der Waals surface area contributed by atoms with Crippen LogP contribution in [-0.4, -0.2) is 44.3 Å². The molecule has 0 aliphatic carbocycles. The van der Waals surface area contributed by atoms with E-state index in [0.29, 0.717) is 0 Å². The fraction of sp³-hybridized carbons (Fsp3) is 0.857. The lowest BCUT2D eigenvalue weighted by molar-refractivity contribution is -0.260. The van der Waals surface area contributed by atoms with E-state index in [1.165, 1.54) is 21.3 Å². The van der Waals surface area contributed by atoms with Crippen LogP contribution in [0.1, 0.15) is 6.92 Å². The van der Waals surface area contributed by atoms with E-state index in [1.54, 1.807) is 6.92 Å². The third-order valence-corrected chi connectivity index (χ3v) is 1.79. The molecular formula is C7H14O5. The smallest absolute Gasteiger partial charge is 0.367 e. The average Bonchev–Trinajstić information content (AvgIpc) is 2.06. The second-order valence-electron chi connectivity index (χ2n) is 2.26. The van der Waals surface area contributed by atoms with Crippen molar-refractivity contribution in [3.63, 3.8) is 0 Å². The Morgan fingerprint density at radius 1 is 1.33 bits per heavy atom. The molecular weight excluding hydrogens is 164 g/mol. The third kappa shape index (κ3) is 1.74. The van der Waals surface area contributed by atoms with E-state index >= 15 is 0 Å². The summed E-state index contributed by atoms with van der Waals surface area (Å²) in [6, 6.07) is 0. The van der Waals surface area contributed by atoms with E-state index in [2.05, 4.69) is 0 Å². The van der Waals surface area contributed by atoms with Crippen molar-refractivity contribution >= 4 is 5.97 Å². The number of methoxy groups -OCH3 is 3. The molecule has 0 fully saturated rings. The number of carboxylic acid groups (broad SMARTS) is 1. The lowest BCUT2D eigenvalue weighted by atomic mass is 10.1. The van der Waals surface area contributed by atoms with Gasteiger partial charge in [0.25, 0.3) is 5.79 Å². The van der Waals surface area contributed by atoms with Gasteiger partial charge in [0.2, 0.25) is 0 Å². The topological polar surface area (TPSA) is 65.0 Å². The van der Waals surface area contributed by atoms with Crippen molar-refractivity contribution in [3.8, 4) is 0 Å². The second kappa shape index (κ2) is 4.39. The molecule has 0 amide bonds. The highest BCUT2D eigenvalue weighted by molar-refractivity contribution is 5.76. The average molecular weight is 178 g/mol. The number of hydrogen-bond acceptors (Lipinski definition) is 4. The Bertz CT molecular complexity index is 152. The lowest BCUT2D eigenvalue weighted by Crippen LogP contribution is -2.52. The van der Waals surface area contributed by atoms with E-state index in [0.717, 1.165) is 0 Å². The Kier molecular flexibility index (Phi) is 4.16. The zero-order valence-electron chi connectivity index (χ0n) is 7.66. The van der Waals surface area contributed by atoms with Crippen LogP contribution in [-0.2, 0) is 19.0 Å². The maximum Gasteiger partial charge on any atom is 0.367 e. The molecule has 72 valence electrons. The van der Waals surface area contributed by atoms with Crippen LogP contribution in [0.25, 0.3) is 0 Å². The second-order valence-corrected chi connectivity index (χ2v) is 2.26. The molecule has 0 rings (SSSR count). The fourth-order valence-electron chi connectivity index (χ4n) is 0.919. The van der Waals surface area contributed by atoms with E-state index in [9.17, 15) is 4.79 Å². The summed E-state index contributed by atoms with van der Waals surface area (Å²) >= 11 is 0. The number of aliphatic carboxylic acids is 1. The number of carboxylic acids is 1. The molecule has 5 nitrogen and oxygen atoms in total. The Balaban J connectivity index is 4.68. The minimum absolute atomic E-state index is 0.676. The number of ether oxygens (including phenoxy) is 3. The summed E-state index contributed by atoms with van der Waals surface area (Å²) < 4.78 is 14.3. The van der Waals surface area contributed by atoms with E-state index in [-0.39, 0.29) is 0 Å². The predicted molar refractivity (Wildman–Crippen MR) is 40.9 cm³/mol. The zero-order valence-corrected chi connectivity index (χ0v) is 7.66. The Labute approximate surface area is 71.2 Å². The van der Waals surface area contributed by atoms with Crippen LogP contribution in [0.15, 0.2) is 0 Å². The van der Waals surface area contributed by atoms with Crippen LogP contribution in [0.3, 0.4) is 0 Å². The standard InChI is InChI=1S/C7H14O5/c1-5(10-2)7(11-3,12-4)6(8)9/h5H,1-4H3,(H,8,9). The summed E-state index contributed by atoms with van der Waals surface area (Å²) in [6.45, 7) is 1.56.